The fourth-order valence-corrected chi connectivity index (χ4v) is 7.49. The molecule has 2 fully saturated rings. The number of allylic oxidation sites excluding steroid dienone is 2. The number of nitrogen functional groups attached to an aromatic ring is 1. The predicted molar refractivity (Wildman–Crippen MR) is 146 cm³/mol. The molecule has 0 radical (unpaired) electrons. The van der Waals surface area contributed by atoms with Crippen molar-refractivity contribution in [2.24, 2.45) is 28.4 Å². The van der Waals surface area contributed by atoms with Crippen LogP contribution in [0.3, 0.4) is 0 Å². The number of benzene rings is 1. The summed E-state index contributed by atoms with van der Waals surface area (Å²) in [6.07, 6.45) is 13.4. The van der Waals surface area contributed by atoms with Crippen LogP contribution in [0.1, 0.15) is 69.4 Å². The van der Waals surface area contributed by atoms with E-state index >= 15 is 0 Å². The second kappa shape index (κ2) is 10.0. The Morgan fingerprint density at radius 3 is 2.58 bits per heavy atom. The van der Waals surface area contributed by atoms with Crippen LogP contribution in [0.15, 0.2) is 42.1 Å². The van der Waals surface area contributed by atoms with Crippen molar-refractivity contribution in [3.05, 3.63) is 53.3 Å². The molecule has 6 heteroatoms. The van der Waals surface area contributed by atoms with Gasteiger partial charge in [0.05, 0.1) is 17.8 Å². The molecule has 0 heterocycles. The molecule has 36 heavy (non-hydrogen) atoms. The summed E-state index contributed by atoms with van der Waals surface area (Å²) in [6, 6.07) is 8.69. The average Bonchev–Trinajstić information content (AvgIpc) is 3.14. The lowest BCUT2D eigenvalue weighted by molar-refractivity contribution is -0.143. The number of nitriles is 1. The maximum Gasteiger partial charge on any atom is 0.105 e. The third kappa shape index (κ3) is 4.18. The van der Waals surface area contributed by atoms with E-state index in [0.717, 1.165) is 43.2 Å². The second-order valence-electron chi connectivity index (χ2n) is 11.4. The lowest BCUT2D eigenvalue weighted by atomic mass is 9.49. The van der Waals surface area contributed by atoms with Gasteiger partial charge < -0.3 is 27.0 Å². The standard InChI is InChI=1S/C28H35N3O2.C2H7N/c1-26-11-12-27(17-30)16-21-14-22(32)5-4-18(21)8-10-28(27,33)25(26)7-6-23(26)20-3-2-19(9-13-29)24(31)15-20;1-3-2/h2-3,6,9,13,15-16,18,22,25,32-33H,4-5,7-8,10-12,14,29,31H2,1H3;3H,1-2H3/b13-9-;/t18?,22?,25?,26?,27?,28-;/m0./s1. The van der Waals surface area contributed by atoms with Crippen LogP contribution < -0.4 is 16.8 Å². The summed E-state index contributed by atoms with van der Waals surface area (Å²) in [7, 11) is 3.75. The highest BCUT2D eigenvalue weighted by atomic mass is 16.3. The fourth-order valence-electron chi connectivity index (χ4n) is 7.49. The van der Waals surface area contributed by atoms with Crippen LogP contribution in [0.2, 0.25) is 0 Å². The third-order valence-electron chi connectivity index (χ3n) is 9.35. The number of aliphatic hydroxyl groups excluding tert-OH is 1. The van der Waals surface area contributed by atoms with E-state index in [1.54, 1.807) is 6.08 Å². The van der Waals surface area contributed by atoms with Gasteiger partial charge in [-0.05, 0) is 112 Å². The fraction of sp³-hybridized carbons (Fsp3) is 0.567. The summed E-state index contributed by atoms with van der Waals surface area (Å²) in [5.74, 6) is 0.344. The number of rotatable bonds is 2. The second-order valence-corrected chi connectivity index (χ2v) is 11.4. The summed E-state index contributed by atoms with van der Waals surface area (Å²) >= 11 is 0. The Labute approximate surface area is 215 Å². The molecular formula is C30H42N4O2. The largest absolute Gasteiger partial charge is 0.405 e. The molecule has 1 aromatic carbocycles. The zero-order valence-electron chi connectivity index (χ0n) is 21.9. The van der Waals surface area contributed by atoms with Crippen molar-refractivity contribution < 1.29 is 10.2 Å². The van der Waals surface area contributed by atoms with Crippen LogP contribution in [0, 0.1) is 34.0 Å². The molecule has 0 saturated heterocycles. The van der Waals surface area contributed by atoms with Crippen molar-refractivity contribution >= 4 is 17.3 Å². The van der Waals surface area contributed by atoms with Gasteiger partial charge in [0.15, 0.2) is 0 Å². The van der Waals surface area contributed by atoms with E-state index in [1.807, 2.05) is 26.2 Å². The molecule has 0 amide bonds. The lowest BCUT2D eigenvalue weighted by Crippen LogP contribution is -2.59. The van der Waals surface area contributed by atoms with Crippen LogP contribution in [0.25, 0.3) is 11.6 Å². The predicted octanol–water partition coefficient (Wildman–Crippen LogP) is 4.36. The van der Waals surface area contributed by atoms with Crippen molar-refractivity contribution in [2.75, 3.05) is 19.8 Å². The number of nitrogens with two attached hydrogens (primary N) is 2. The lowest BCUT2D eigenvalue weighted by Gasteiger charge is -2.56. The summed E-state index contributed by atoms with van der Waals surface area (Å²) in [5.41, 5.74) is 14.7. The molecular weight excluding hydrogens is 448 g/mol. The minimum absolute atomic E-state index is 0.0276. The van der Waals surface area contributed by atoms with Crippen molar-refractivity contribution in [3.63, 3.8) is 0 Å². The van der Waals surface area contributed by atoms with Crippen LogP contribution in [0.4, 0.5) is 5.69 Å². The number of aliphatic hydroxyl groups is 2. The van der Waals surface area contributed by atoms with Crippen molar-refractivity contribution in [2.45, 2.75) is 70.0 Å². The number of nitrogens with zero attached hydrogens (tertiary/aromatic N) is 1. The van der Waals surface area contributed by atoms with Gasteiger partial charge in [-0.3, -0.25) is 0 Å². The molecule has 0 bridgehead atoms. The average molecular weight is 491 g/mol. The first-order valence-electron chi connectivity index (χ1n) is 13.3. The number of anilines is 1. The van der Waals surface area contributed by atoms with E-state index in [9.17, 15) is 15.5 Å². The third-order valence-corrected chi connectivity index (χ3v) is 9.35. The van der Waals surface area contributed by atoms with E-state index in [0.29, 0.717) is 30.9 Å². The van der Waals surface area contributed by atoms with Gasteiger partial charge in [-0.2, -0.15) is 5.26 Å². The highest BCUT2D eigenvalue weighted by Crippen LogP contribution is 2.66. The van der Waals surface area contributed by atoms with Crippen molar-refractivity contribution in [1.82, 2.24) is 5.32 Å². The van der Waals surface area contributed by atoms with E-state index < -0.39 is 11.0 Å². The van der Waals surface area contributed by atoms with Crippen LogP contribution in [0.5, 0.6) is 0 Å². The molecule has 6 atom stereocenters. The first-order valence-corrected chi connectivity index (χ1v) is 13.3. The maximum absolute atomic E-state index is 12.4. The Morgan fingerprint density at radius 2 is 1.92 bits per heavy atom. The highest BCUT2D eigenvalue weighted by Gasteiger charge is 2.65. The Kier molecular flexibility index (Phi) is 7.39. The Morgan fingerprint density at radius 1 is 1.17 bits per heavy atom. The van der Waals surface area contributed by atoms with Gasteiger partial charge in [0.2, 0.25) is 0 Å². The molecule has 7 N–H and O–H groups in total. The van der Waals surface area contributed by atoms with Crippen LogP contribution >= 0.6 is 0 Å². The normalized spacial score (nSPS) is 37.3. The summed E-state index contributed by atoms with van der Waals surface area (Å²) in [5, 5.41) is 35.9. The minimum Gasteiger partial charge on any atom is -0.405 e. The van der Waals surface area contributed by atoms with E-state index in [2.05, 4.69) is 36.5 Å². The number of hydrogen-bond acceptors (Lipinski definition) is 6. The first kappa shape index (κ1) is 26.5. The summed E-state index contributed by atoms with van der Waals surface area (Å²) in [6.45, 7) is 2.26. The van der Waals surface area contributed by atoms with E-state index in [4.69, 9.17) is 11.5 Å². The van der Waals surface area contributed by atoms with Crippen LogP contribution in [-0.4, -0.2) is 36.0 Å². The summed E-state index contributed by atoms with van der Waals surface area (Å²) in [4.78, 5) is 0. The van der Waals surface area contributed by atoms with Gasteiger partial charge >= 0.3 is 0 Å². The summed E-state index contributed by atoms with van der Waals surface area (Å²) < 4.78 is 0. The molecule has 4 aliphatic rings. The van der Waals surface area contributed by atoms with Gasteiger partial charge in [0, 0.05) is 11.6 Å². The number of fused-ring (bicyclic) bond motifs is 4. The van der Waals surface area contributed by atoms with Gasteiger partial charge in [-0.25, -0.2) is 0 Å². The SMILES string of the molecule is CC12CCC3(C#N)C=C4CC(O)CCC4CC[C@]3(O)C1CC=C2c1ccc(/C=C\N)c(N)c1.CNC. The first-order chi connectivity index (χ1) is 17.2. The number of hydrogen-bond donors (Lipinski definition) is 5. The minimum atomic E-state index is -1.09. The Bertz CT molecular complexity index is 1120. The zero-order valence-corrected chi connectivity index (χ0v) is 21.9. The quantitative estimate of drug-likeness (QED) is 0.309. The van der Waals surface area contributed by atoms with Crippen molar-refractivity contribution in [1.29, 1.82) is 5.26 Å². The Hall–Kier alpha value is -2.59. The topological polar surface area (TPSA) is 128 Å². The molecule has 6 nitrogen and oxygen atoms in total. The van der Waals surface area contributed by atoms with E-state index in [-0.39, 0.29) is 17.4 Å². The number of nitrogens with one attached hydrogen (secondary N) is 1. The molecule has 5 unspecified atom stereocenters. The zero-order chi connectivity index (χ0) is 26.1. The van der Waals surface area contributed by atoms with Gasteiger partial charge in [-0.15, -0.1) is 0 Å². The Balaban J connectivity index is 0.000000967. The molecule has 4 aliphatic carbocycles. The van der Waals surface area contributed by atoms with Crippen LogP contribution in [-0.2, 0) is 0 Å². The molecule has 5 rings (SSSR count). The van der Waals surface area contributed by atoms with Gasteiger partial charge in [0.25, 0.3) is 0 Å². The molecule has 194 valence electrons. The molecule has 0 aromatic heterocycles. The smallest absolute Gasteiger partial charge is 0.105 e. The molecule has 0 spiro atoms. The highest BCUT2D eigenvalue weighted by molar-refractivity contribution is 5.78. The molecule has 2 saturated carbocycles. The van der Waals surface area contributed by atoms with E-state index in [1.165, 1.54) is 17.3 Å². The van der Waals surface area contributed by atoms with Gasteiger partial charge in [-0.1, -0.05) is 36.8 Å². The van der Waals surface area contributed by atoms with Crippen molar-refractivity contribution in [3.8, 4) is 6.07 Å². The molecule has 0 aliphatic heterocycles. The molecule has 1 aromatic rings. The monoisotopic (exact) mass is 490 g/mol. The maximum atomic E-state index is 12.4. The van der Waals surface area contributed by atoms with Gasteiger partial charge in [0.1, 0.15) is 5.41 Å².